The van der Waals surface area contributed by atoms with Gasteiger partial charge in [-0.2, -0.15) is 0 Å². The van der Waals surface area contributed by atoms with E-state index in [0.717, 1.165) is 31.6 Å². The van der Waals surface area contributed by atoms with Crippen molar-refractivity contribution in [2.24, 2.45) is 0 Å². The van der Waals surface area contributed by atoms with E-state index in [-0.39, 0.29) is 0 Å². The Bertz CT molecular complexity index is 413. The fourth-order valence-corrected chi connectivity index (χ4v) is 2.74. The third kappa shape index (κ3) is 2.94. The molecule has 1 N–H and O–H groups in total. The molecule has 0 bridgehead atoms. The summed E-state index contributed by atoms with van der Waals surface area (Å²) < 4.78 is 5.73. The van der Waals surface area contributed by atoms with Crippen LogP contribution in [0.1, 0.15) is 37.7 Å². The Morgan fingerprint density at radius 3 is 3.00 bits per heavy atom. The van der Waals surface area contributed by atoms with Crippen molar-refractivity contribution in [3.05, 3.63) is 42.0 Å². The topological polar surface area (TPSA) is 21.3 Å². The number of ether oxygens (including phenoxy) is 1. The van der Waals surface area contributed by atoms with Crippen molar-refractivity contribution in [1.82, 2.24) is 5.32 Å². The maximum atomic E-state index is 5.73. The van der Waals surface area contributed by atoms with E-state index in [2.05, 4.69) is 44.1 Å². The number of fused-ring (bicyclic) bond motifs is 1. The molecule has 0 fully saturated rings. The summed E-state index contributed by atoms with van der Waals surface area (Å²) in [5, 5.41) is 3.47. The number of hydrogen-bond acceptors (Lipinski definition) is 2. The molecule has 1 aliphatic heterocycles. The molecule has 2 unspecified atom stereocenters. The van der Waals surface area contributed by atoms with Crippen LogP contribution in [-0.4, -0.2) is 19.7 Å². The number of hydrogen-bond donors (Lipinski definition) is 1. The summed E-state index contributed by atoms with van der Waals surface area (Å²) in [4.78, 5) is 0. The van der Waals surface area contributed by atoms with Crippen molar-refractivity contribution in [2.75, 3.05) is 13.7 Å². The summed E-state index contributed by atoms with van der Waals surface area (Å²) in [6.45, 7) is 6.93. The minimum Gasteiger partial charge on any atom is -0.493 e. The Hall–Kier alpha value is -1.28. The first-order chi connectivity index (χ1) is 8.72. The van der Waals surface area contributed by atoms with Gasteiger partial charge in [0, 0.05) is 12.0 Å². The molecule has 2 atom stereocenters. The molecule has 0 saturated heterocycles. The normalized spacial score (nSPS) is 19.8. The highest BCUT2D eigenvalue weighted by Crippen LogP contribution is 2.36. The molecule has 1 aromatic carbocycles. The predicted molar refractivity (Wildman–Crippen MR) is 76.2 cm³/mol. The van der Waals surface area contributed by atoms with Crippen LogP contribution in [-0.2, 0) is 0 Å². The summed E-state index contributed by atoms with van der Waals surface area (Å²) in [7, 11) is 2.06. The lowest BCUT2D eigenvalue weighted by Crippen LogP contribution is -2.35. The molecule has 18 heavy (non-hydrogen) atoms. The van der Waals surface area contributed by atoms with E-state index >= 15 is 0 Å². The molecule has 0 spiro atoms. The van der Waals surface area contributed by atoms with Crippen molar-refractivity contribution in [2.45, 2.75) is 38.1 Å². The predicted octanol–water partition coefficient (Wildman–Crippen LogP) is 3.50. The van der Waals surface area contributed by atoms with Gasteiger partial charge in [-0.25, -0.2) is 0 Å². The van der Waals surface area contributed by atoms with E-state index < -0.39 is 0 Å². The number of para-hydroxylation sites is 1. The van der Waals surface area contributed by atoms with Crippen LogP contribution in [0.3, 0.4) is 0 Å². The number of rotatable bonds is 5. The van der Waals surface area contributed by atoms with Crippen molar-refractivity contribution in [3.8, 4) is 5.75 Å². The summed E-state index contributed by atoms with van der Waals surface area (Å²) in [6.07, 6.45) is 3.33. The van der Waals surface area contributed by atoms with E-state index in [4.69, 9.17) is 4.74 Å². The zero-order valence-electron chi connectivity index (χ0n) is 11.4. The minimum atomic E-state index is 0.506. The van der Waals surface area contributed by atoms with E-state index in [1.807, 2.05) is 6.07 Å². The molecule has 98 valence electrons. The second-order valence-electron chi connectivity index (χ2n) is 5.17. The van der Waals surface area contributed by atoms with Crippen LogP contribution in [0, 0.1) is 0 Å². The van der Waals surface area contributed by atoms with Gasteiger partial charge in [-0.05, 0) is 44.9 Å². The molecule has 1 heterocycles. The standard InChI is InChI=1S/C16H23NO/c1-12(2)8-9-15(17-3)13-10-11-18-16-7-5-4-6-14(13)16/h4-7,13,15,17H,1,8-11H2,2-3H3. The third-order valence-corrected chi connectivity index (χ3v) is 3.74. The molecule has 0 amide bonds. The van der Waals surface area contributed by atoms with Crippen LogP contribution in [0.4, 0.5) is 0 Å². The fourth-order valence-electron chi connectivity index (χ4n) is 2.74. The highest BCUT2D eigenvalue weighted by Gasteiger charge is 2.27. The number of likely N-dealkylation sites (N-methyl/N-ethyl adjacent to an activating group) is 1. The molecular formula is C16H23NO. The van der Waals surface area contributed by atoms with Crippen molar-refractivity contribution >= 4 is 0 Å². The quantitative estimate of drug-likeness (QED) is 0.802. The minimum absolute atomic E-state index is 0.506. The Kier molecular flexibility index (Phi) is 4.43. The van der Waals surface area contributed by atoms with Gasteiger partial charge in [0.25, 0.3) is 0 Å². The molecule has 1 aromatic rings. The third-order valence-electron chi connectivity index (χ3n) is 3.74. The summed E-state index contributed by atoms with van der Waals surface area (Å²) in [5.41, 5.74) is 2.61. The monoisotopic (exact) mass is 245 g/mol. The first-order valence-electron chi connectivity index (χ1n) is 6.75. The van der Waals surface area contributed by atoms with E-state index in [1.54, 1.807) is 0 Å². The van der Waals surface area contributed by atoms with Crippen molar-refractivity contribution in [1.29, 1.82) is 0 Å². The maximum Gasteiger partial charge on any atom is 0.122 e. The van der Waals surface area contributed by atoms with Crippen LogP contribution in [0.2, 0.25) is 0 Å². The van der Waals surface area contributed by atoms with Crippen LogP contribution in [0.15, 0.2) is 36.4 Å². The van der Waals surface area contributed by atoms with Gasteiger partial charge in [-0.3, -0.25) is 0 Å². The highest BCUT2D eigenvalue weighted by molar-refractivity contribution is 5.38. The zero-order valence-corrected chi connectivity index (χ0v) is 11.4. The molecule has 1 aliphatic rings. The lowest BCUT2D eigenvalue weighted by atomic mass is 9.84. The average molecular weight is 245 g/mol. The zero-order chi connectivity index (χ0) is 13.0. The molecule has 0 aromatic heterocycles. The first kappa shape index (κ1) is 13.2. The molecule has 0 radical (unpaired) electrons. The van der Waals surface area contributed by atoms with E-state index in [0.29, 0.717) is 12.0 Å². The van der Waals surface area contributed by atoms with Gasteiger partial charge < -0.3 is 10.1 Å². The van der Waals surface area contributed by atoms with Crippen LogP contribution in [0.5, 0.6) is 5.75 Å². The Labute approximate surface area is 110 Å². The van der Waals surface area contributed by atoms with Gasteiger partial charge in [-0.1, -0.05) is 23.8 Å². The summed E-state index contributed by atoms with van der Waals surface area (Å²) in [6, 6.07) is 8.93. The Balaban J connectivity index is 2.14. The second kappa shape index (κ2) is 6.05. The van der Waals surface area contributed by atoms with Crippen LogP contribution >= 0.6 is 0 Å². The lowest BCUT2D eigenvalue weighted by molar-refractivity contribution is 0.244. The maximum absolute atomic E-state index is 5.73. The molecule has 2 heteroatoms. The van der Waals surface area contributed by atoms with E-state index in [1.165, 1.54) is 11.1 Å². The SMILES string of the molecule is C=C(C)CCC(NC)C1CCOc2ccccc21. The van der Waals surface area contributed by atoms with Gasteiger partial charge in [-0.15, -0.1) is 6.58 Å². The molecule has 0 saturated carbocycles. The van der Waals surface area contributed by atoms with Gasteiger partial charge in [0.2, 0.25) is 0 Å². The van der Waals surface area contributed by atoms with Gasteiger partial charge in [0.05, 0.1) is 6.61 Å². The number of nitrogens with one attached hydrogen (secondary N) is 1. The second-order valence-corrected chi connectivity index (χ2v) is 5.17. The molecular weight excluding hydrogens is 222 g/mol. The Morgan fingerprint density at radius 1 is 1.50 bits per heavy atom. The van der Waals surface area contributed by atoms with Crippen molar-refractivity contribution < 1.29 is 4.74 Å². The Morgan fingerprint density at radius 2 is 2.28 bits per heavy atom. The van der Waals surface area contributed by atoms with Crippen molar-refractivity contribution in [3.63, 3.8) is 0 Å². The lowest BCUT2D eigenvalue weighted by Gasteiger charge is -2.32. The summed E-state index contributed by atoms with van der Waals surface area (Å²) in [5.74, 6) is 1.61. The van der Waals surface area contributed by atoms with Crippen LogP contribution < -0.4 is 10.1 Å². The van der Waals surface area contributed by atoms with E-state index in [9.17, 15) is 0 Å². The smallest absolute Gasteiger partial charge is 0.122 e. The number of allylic oxidation sites excluding steroid dienone is 1. The van der Waals surface area contributed by atoms with Crippen LogP contribution in [0.25, 0.3) is 0 Å². The van der Waals surface area contributed by atoms with Gasteiger partial charge in [0.1, 0.15) is 5.75 Å². The van der Waals surface area contributed by atoms with Gasteiger partial charge >= 0.3 is 0 Å². The number of benzene rings is 1. The summed E-state index contributed by atoms with van der Waals surface area (Å²) >= 11 is 0. The molecule has 2 rings (SSSR count). The fraction of sp³-hybridized carbons (Fsp3) is 0.500. The molecule has 2 nitrogen and oxygen atoms in total. The largest absolute Gasteiger partial charge is 0.493 e. The first-order valence-corrected chi connectivity index (χ1v) is 6.75. The average Bonchev–Trinajstić information content (AvgIpc) is 2.39. The highest BCUT2D eigenvalue weighted by atomic mass is 16.5. The van der Waals surface area contributed by atoms with Gasteiger partial charge in [0.15, 0.2) is 0 Å². The molecule has 0 aliphatic carbocycles.